The van der Waals surface area contributed by atoms with Crippen LogP contribution in [0.25, 0.3) is 11.0 Å². The molecular weight excluding hydrogens is 268 g/mol. The second-order valence-corrected chi connectivity index (χ2v) is 5.66. The molecule has 1 aromatic heterocycles. The third-order valence-electron chi connectivity index (χ3n) is 3.11. The minimum absolute atomic E-state index is 0.0349. The van der Waals surface area contributed by atoms with Gasteiger partial charge in [0, 0.05) is 12.1 Å². The second kappa shape index (κ2) is 4.70. The van der Waals surface area contributed by atoms with Crippen molar-refractivity contribution in [1.29, 1.82) is 0 Å². The number of benzene rings is 1. The van der Waals surface area contributed by atoms with Crippen LogP contribution in [0.2, 0.25) is 0 Å². The van der Waals surface area contributed by atoms with E-state index in [1.807, 2.05) is 20.8 Å². The zero-order chi connectivity index (χ0) is 14.2. The zero-order valence-electron chi connectivity index (χ0n) is 10.9. The van der Waals surface area contributed by atoms with Gasteiger partial charge in [0.05, 0.1) is 26.9 Å². The lowest BCUT2D eigenvalue weighted by Crippen LogP contribution is -2.39. The van der Waals surface area contributed by atoms with Crippen molar-refractivity contribution in [2.75, 3.05) is 5.32 Å². The van der Waals surface area contributed by atoms with E-state index in [9.17, 15) is 10.1 Å². The van der Waals surface area contributed by atoms with E-state index in [-0.39, 0.29) is 16.6 Å². The summed E-state index contributed by atoms with van der Waals surface area (Å²) < 4.78 is 0. The molecule has 19 heavy (non-hydrogen) atoms. The number of imidazole rings is 1. The monoisotopic (exact) mass is 282 g/mol. The molecule has 6 nitrogen and oxygen atoms in total. The third kappa shape index (κ3) is 2.78. The molecule has 0 bridgehead atoms. The number of alkyl halides is 1. The van der Waals surface area contributed by atoms with Gasteiger partial charge in [-0.25, -0.2) is 4.98 Å². The average Bonchev–Trinajstić information content (AvgIpc) is 2.68. The van der Waals surface area contributed by atoms with E-state index in [0.29, 0.717) is 17.0 Å². The van der Waals surface area contributed by atoms with Crippen molar-refractivity contribution < 1.29 is 4.92 Å². The number of non-ortho nitro benzene ring substituents is 1. The van der Waals surface area contributed by atoms with Crippen molar-refractivity contribution in [3.05, 3.63) is 28.3 Å². The highest BCUT2D eigenvalue weighted by Crippen LogP contribution is 2.24. The molecular formula is C12H15ClN4O2. The Hall–Kier alpha value is -1.82. The lowest BCUT2D eigenvalue weighted by molar-refractivity contribution is -0.384. The van der Waals surface area contributed by atoms with Gasteiger partial charge in [0.2, 0.25) is 5.95 Å². The Morgan fingerprint density at radius 3 is 2.79 bits per heavy atom. The summed E-state index contributed by atoms with van der Waals surface area (Å²) in [5.41, 5.74) is 0.981. The van der Waals surface area contributed by atoms with Gasteiger partial charge in [0.25, 0.3) is 5.69 Å². The highest BCUT2D eigenvalue weighted by Gasteiger charge is 2.25. The predicted octanol–water partition coefficient (Wildman–Crippen LogP) is 3.29. The molecule has 0 aliphatic rings. The van der Waals surface area contributed by atoms with Gasteiger partial charge in [0.15, 0.2) is 0 Å². The summed E-state index contributed by atoms with van der Waals surface area (Å²) >= 11 is 6.09. The molecule has 0 saturated carbocycles. The molecule has 0 aliphatic heterocycles. The summed E-state index contributed by atoms with van der Waals surface area (Å²) in [5.74, 6) is 0.549. The van der Waals surface area contributed by atoms with E-state index in [1.54, 1.807) is 6.07 Å². The molecule has 2 N–H and O–H groups in total. The summed E-state index contributed by atoms with van der Waals surface area (Å²) in [6.45, 7) is 5.81. The van der Waals surface area contributed by atoms with Gasteiger partial charge in [-0.1, -0.05) is 0 Å². The van der Waals surface area contributed by atoms with Crippen LogP contribution >= 0.6 is 11.6 Å². The van der Waals surface area contributed by atoms with Gasteiger partial charge in [-0.05, 0) is 26.8 Å². The van der Waals surface area contributed by atoms with Crippen molar-refractivity contribution >= 4 is 34.3 Å². The first-order valence-electron chi connectivity index (χ1n) is 5.86. The Balaban J connectivity index is 2.34. The van der Waals surface area contributed by atoms with Crippen LogP contribution in [-0.4, -0.2) is 25.8 Å². The normalized spacial score (nSPS) is 13.5. The number of nitro groups is 1. The fourth-order valence-corrected chi connectivity index (χ4v) is 1.63. The van der Waals surface area contributed by atoms with Gasteiger partial charge in [-0.3, -0.25) is 10.1 Å². The number of halogens is 1. The van der Waals surface area contributed by atoms with Gasteiger partial charge in [0.1, 0.15) is 0 Å². The van der Waals surface area contributed by atoms with Crippen LogP contribution in [0.15, 0.2) is 18.2 Å². The van der Waals surface area contributed by atoms with E-state index in [0.717, 1.165) is 0 Å². The number of fused-ring (bicyclic) bond motifs is 1. The van der Waals surface area contributed by atoms with Gasteiger partial charge in [-0.15, -0.1) is 11.6 Å². The predicted molar refractivity (Wildman–Crippen MR) is 75.8 cm³/mol. The number of rotatable bonds is 4. The number of nitrogens with zero attached hydrogens (tertiary/aromatic N) is 2. The maximum absolute atomic E-state index is 10.7. The average molecular weight is 283 g/mol. The van der Waals surface area contributed by atoms with Crippen LogP contribution < -0.4 is 5.32 Å². The number of nitro benzene ring substituents is 1. The lowest BCUT2D eigenvalue weighted by Gasteiger charge is -2.28. The summed E-state index contributed by atoms with van der Waals surface area (Å²) in [5, 5.41) is 13.8. The first-order valence-corrected chi connectivity index (χ1v) is 6.29. The molecule has 0 saturated heterocycles. The molecule has 102 valence electrons. The Labute approximate surface area is 115 Å². The highest BCUT2D eigenvalue weighted by molar-refractivity contribution is 6.21. The maximum atomic E-state index is 10.7. The molecule has 0 spiro atoms. The fraction of sp³-hybridized carbons (Fsp3) is 0.417. The molecule has 1 atom stereocenters. The summed E-state index contributed by atoms with van der Waals surface area (Å²) in [6, 6.07) is 4.51. The summed E-state index contributed by atoms with van der Waals surface area (Å²) in [6.07, 6.45) is 0. The van der Waals surface area contributed by atoms with Crippen molar-refractivity contribution in [1.82, 2.24) is 9.97 Å². The fourth-order valence-electron chi connectivity index (χ4n) is 1.57. The lowest BCUT2D eigenvalue weighted by atomic mass is 10.0. The van der Waals surface area contributed by atoms with Crippen LogP contribution in [0, 0.1) is 10.1 Å². The van der Waals surface area contributed by atoms with Crippen molar-refractivity contribution in [3.8, 4) is 0 Å². The minimum Gasteiger partial charge on any atom is -0.349 e. The molecule has 1 aromatic carbocycles. The van der Waals surface area contributed by atoms with Crippen LogP contribution in [0.5, 0.6) is 0 Å². The van der Waals surface area contributed by atoms with Crippen molar-refractivity contribution in [3.63, 3.8) is 0 Å². The number of anilines is 1. The topological polar surface area (TPSA) is 83.8 Å². The number of hydrogen-bond acceptors (Lipinski definition) is 4. The standard InChI is InChI=1S/C12H15ClN4O2/c1-7(13)12(2,3)16-11-14-9-5-4-8(17(18)19)6-10(9)15-11/h4-7H,1-3H3,(H2,14,15,16). The molecule has 7 heteroatoms. The van der Waals surface area contributed by atoms with Crippen LogP contribution in [-0.2, 0) is 0 Å². The second-order valence-electron chi connectivity index (χ2n) is 5.01. The highest BCUT2D eigenvalue weighted by atomic mass is 35.5. The summed E-state index contributed by atoms with van der Waals surface area (Å²) in [7, 11) is 0. The molecule has 2 rings (SSSR count). The van der Waals surface area contributed by atoms with Crippen molar-refractivity contribution in [2.45, 2.75) is 31.7 Å². The zero-order valence-corrected chi connectivity index (χ0v) is 11.7. The SMILES string of the molecule is CC(Cl)C(C)(C)Nc1nc2ccc([N+](=O)[O-])cc2[nH]1. The molecule has 1 unspecified atom stereocenters. The van der Waals surface area contributed by atoms with Gasteiger partial charge < -0.3 is 10.3 Å². The molecule has 0 amide bonds. The first kappa shape index (κ1) is 13.6. The number of nitrogens with one attached hydrogen (secondary N) is 2. The third-order valence-corrected chi connectivity index (χ3v) is 3.66. The van der Waals surface area contributed by atoms with Crippen LogP contribution in [0.1, 0.15) is 20.8 Å². The van der Waals surface area contributed by atoms with E-state index < -0.39 is 4.92 Å². The molecule has 1 heterocycles. The van der Waals surface area contributed by atoms with E-state index >= 15 is 0 Å². The first-order chi connectivity index (χ1) is 8.79. The van der Waals surface area contributed by atoms with E-state index in [4.69, 9.17) is 11.6 Å². The number of H-pyrrole nitrogens is 1. The Bertz CT molecular complexity index is 621. The van der Waals surface area contributed by atoms with Crippen LogP contribution in [0.4, 0.5) is 11.6 Å². The van der Waals surface area contributed by atoms with Crippen LogP contribution in [0.3, 0.4) is 0 Å². The molecule has 2 aromatic rings. The quantitative estimate of drug-likeness (QED) is 0.512. The molecule has 0 fully saturated rings. The Morgan fingerprint density at radius 2 is 2.21 bits per heavy atom. The molecule has 0 radical (unpaired) electrons. The van der Waals surface area contributed by atoms with E-state index in [1.165, 1.54) is 12.1 Å². The van der Waals surface area contributed by atoms with Crippen molar-refractivity contribution in [2.24, 2.45) is 0 Å². The van der Waals surface area contributed by atoms with Gasteiger partial charge >= 0.3 is 0 Å². The molecule has 0 aliphatic carbocycles. The number of aromatic amines is 1. The Morgan fingerprint density at radius 1 is 1.53 bits per heavy atom. The van der Waals surface area contributed by atoms with Gasteiger partial charge in [-0.2, -0.15) is 0 Å². The van der Waals surface area contributed by atoms with E-state index in [2.05, 4.69) is 15.3 Å². The maximum Gasteiger partial charge on any atom is 0.271 e. The largest absolute Gasteiger partial charge is 0.349 e. The smallest absolute Gasteiger partial charge is 0.271 e. The Kier molecular flexibility index (Phi) is 3.36. The number of aromatic nitrogens is 2. The number of hydrogen-bond donors (Lipinski definition) is 2. The minimum atomic E-state index is -0.432. The summed E-state index contributed by atoms with van der Waals surface area (Å²) in [4.78, 5) is 17.6.